The molecule has 0 amide bonds. The van der Waals surface area contributed by atoms with E-state index in [1.165, 1.54) is 17.2 Å². The molecule has 1 aromatic heterocycles. The van der Waals surface area contributed by atoms with Crippen molar-refractivity contribution in [3.63, 3.8) is 0 Å². The van der Waals surface area contributed by atoms with Crippen LogP contribution in [0.2, 0.25) is 0 Å². The second-order valence-corrected chi connectivity index (χ2v) is 6.19. The molecule has 1 N–H and O–H groups in total. The largest absolute Gasteiger partial charge is 0.461 e. The number of rotatable bonds is 5. The van der Waals surface area contributed by atoms with E-state index in [1.807, 2.05) is 18.2 Å². The first-order valence-corrected chi connectivity index (χ1v) is 8.82. The lowest BCUT2D eigenvalue weighted by Crippen LogP contribution is -2.29. The van der Waals surface area contributed by atoms with Crippen LogP contribution < -0.4 is 10.9 Å². The molecule has 0 radical (unpaired) electrons. The van der Waals surface area contributed by atoms with Gasteiger partial charge in [0.15, 0.2) is 5.69 Å². The molecule has 25 heavy (non-hydrogen) atoms. The molecule has 0 atom stereocenters. The van der Waals surface area contributed by atoms with E-state index in [2.05, 4.69) is 10.4 Å². The molecule has 1 heterocycles. The molecule has 1 aromatic carbocycles. The van der Waals surface area contributed by atoms with E-state index in [9.17, 15) is 9.59 Å². The van der Waals surface area contributed by atoms with E-state index < -0.39 is 5.97 Å². The predicted octanol–water partition coefficient (Wildman–Crippen LogP) is 3.15. The Kier molecular flexibility index (Phi) is 5.48. The highest BCUT2D eigenvalue weighted by Gasteiger charge is 2.21. The van der Waals surface area contributed by atoms with Gasteiger partial charge in [-0.05, 0) is 31.9 Å². The quantitative estimate of drug-likeness (QED) is 0.846. The number of hydrogen-bond acceptors (Lipinski definition) is 5. The first-order valence-electron chi connectivity index (χ1n) is 8.82. The minimum atomic E-state index is -0.523. The van der Waals surface area contributed by atoms with E-state index in [4.69, 9.17) is 4.74 Å². The molecule has 1 aliphatic rings. The fourth-order valence-electron chi connectivity index (χ4n) is 3.14. The molecular weight excluding hydrogens is 318 g/mol. The molecule has 6 heteroatoms. The zero-order valence-electron chi connectivity index (χ0n) is 14.4. The van der Waals surface area contributed by atoms with Crippen LogP contribution in [-0.2, 0) is 4.74 Å². The zero-order chi connectivity index (χ0) is 17.6. The molecule has 132 valence electrons. The second-order valence-electron chi connectivity index (χ2n) is 6.19. The van der Waals surface area contributed by atoms with Gasteiger partial charge in [-0.1, -0.05) is 37.5 Å². The molecule has 1 fully saturated rings. The highest BCUT2D eigenvalue weighted by Crippen LogP contribution is 2.23. The Labute approximate surface area is 146 Å². The van der Waals surface area contributed by atoms with Crippen molar-refractivity contribution in [2.45, 2.75) is 45.1 Å². The molecule has 3 rings (SSSR count). The summed E-state index contributed by atoms with van der Waals surface area (Å²) >= 11 is 0. The number of nitrogens with zero attached hydrogens (tertiary/aromatic N) is 2. The Morgan fingerprint density at radius 1 is 1.24 bits per heavy atom. The second kappa shape index (κ2) is 7.96. The maximum absolute atomic E-state index is 12.5. The van der Waals surface area contributed by atoms with Crippen molar-refractivity contribution in [2.75, 3.05) is 11.9 Å². The van der Waals surface area contributed by atoms with Gasteiger partial charge in [0.25, 0.3) is 5.56 Å². The summed E-state index contributed by atoms with van der Waals surface area (Å²) in [5.74, 6) is -0.523. The van der Waals surface area contributed by atoms with E-state index >= 15 is 0 Å². The van der Waals surface area contributed by atoms with Crippen LogP contribution in [0.25, 0.3) is 5.69 Å². The van der Waals surface area contributed by atoms with E-state index in [1.54, 1.807) is 19.1 Å². The van der Waals surface area contributed by atoms with Crippen molar-refractivity contribution in [1.29, 1.82) is 0 Å². The van der Waals surface area contributed by atoms with Crippen molar-refractivity contribution in [3.05, 3.63) is 52.4 Å². The van der Waals surface area contributed by atoms with Gasteiger partial charge >= 0.3 is 5.97 Å². The molecule has 0 spiro atoms. The average molecular weight is 341 g/mol. The van der Waals surface area contributed by atoms with Crippen molar-refractivity contribution < 1.29 is 9.53 Å². The standard InChI is InChI=1S/C19H23N3O3/c1-2-25-19(24)18-16(20-14-9-5-3-6-10-14)13-17(23)22(21-18)15-11-7-4-8-12-15/h4,7-8,11-14,20H,2-3,5-6,9-10H2,1H3. The summed E-state index contributed by atoms with van der Waals surface area (Å²) in [6.07, 6.45) is 5.60. The zero-order valence-corrected chi connectivity index (χ0v) is 14.4. The third-order valence-corrected chi connectivity index (χ3v) is 4.37. The average Bonchev–Trinajstić information content (AvgIpc) is 2.63. The minimum Gasteiger partial charge on any atom is -0.461 e. The van der Waals surface area contributed by atoms with Crippen LogP contribution >= 0.6 is 0 Å². The van der Waals surface area contributed by atoms with Crippen molar-refractivity contribution >= 4 is 11.7 Å². The number of esters is 1. The fraction of sp³-hybridized carbons (Fsp3) is 0.421. The van der Waals surface area contributed by atoms with Crippen LogP contribution in [0.3, 0.4) is 0 Å². The van der Waals surface area contributed by atoms with Gasteiger partial charge in [0, 0.05) is 12.1 Å². The van der Waals surface area contributed by atoms with E-state index in [0.717, 1.165) is 25.7 Å². The first kappa shape index (κ1) is 17.2. The van der Waals surface area contributed by atoms with Crippen LogP contribution in [-0.4, -0.2) is 28.4 Å². The maximum Gasteiger partial charge on any atom is 0.360 e. The van der Waals surface area contributed by atoms with Gasteiger partial charge in [0.2, 0.25) is 0 Å². The van der Waals surface area contributed by atoms with Crippen molar-refractivity contribution in [1.82, 2.24) is 9.78 Å². The lowest BCUT2D eigenvalue weighted by molar-refractivity contribution is 0.0518. The minimum absolute atomic E-state index is 0.149. The smallest absolute Gasteiger partial charge is 0.360 e. The van der Waals surface area contributed by atoms with E-state index in [-0.39, 0.29) is 23.9 Å². The summed E-state index contributed by atoms with van der Waals surface area (Å²) in [4.78, 5) is 24.9. The monoisotopic (exact) mass is 341 g/mol. The highest BCUT2D eigenvalue weighted by atomic mass is 16.5. The number of carbonyl (C=O) groups excluding carboxylic acids is 1. The highest BCUT2D eigenvalue weighted by molar-refractivity contribution is 5.93. The Morgan fingerprint density at radius 2 is 1.96 bits per heavy atom. The molecule has 1 saturated carbocycles. The Balaban J connectivity index is 1.99. The summed E-state index contributed by atoms with van der Waals surface area (Å²) < 4.78 is 6.37. The number of anilines is 1. The molecule has 1 aliphatic carbocycles. The number of nitrogens with one attached hydrogen (secondary N) is 1. The number of hydrogen-bond donors (Lipinski definition) is 1. The SMILES string of the molecule is CCOC(=O)c1nn(-c2ccccc2)c(=O)cc1NC1CCCCC1. The number of benzene rings is 1. The van der Waals surface area contributed by atoms with Crippen LogP contribution in [0.15, 0.2) is 41.2 Å². The number of carbonyl (C=O) groups is 1. The molecule has 0 unspecified atom stereocenters. The number of ether oxygens (including phenoxy) is 1. The van der Waals surface area contributed by atoms with Crippen LogP contribution in [0.5, 0.6) is 0 Å². The predicted molar refractivity (Wildman–Crippen MR) is 96.3 cm³/mol. The third kappa shape index (κ3) is 4.07. The summed E-state index contributed by atoms with van der Waals surface area (Å²) in [6.45, 7) is 2.01. The lowest BCUT2D eigenvalue weighted by Gasteiger charge is -2.24. The Bertz CT molecular complexity index is 780. The molecule has 0 aliphatic heterocycles. The van der Waals surface area contributed by atoms with Gasteiger partial charge in [-0.25, -0.2) is 4.79 Å². The third-order valence-electron chi connectivity index (χ3n) is 4.37. The molecule has 6 nitrogen and oxygen atoms in total. The summed E-state index contributed by atoms with van der Waals surface area (Å²) in [6, 6.07) is 10.8. The maximum atomic E-state index is 12.5. The van der Waals surface area contributed by atoms with Gasteiger partial charge in [0.05, 0.1) is 18.0 Å². The number of para-hydroxylation sites is 1. The van der Waals surface area contributed by atoms with Gasteiger partial charge in [0.1, 0.15) is 0 Å². The molecule has 0 saturated heterocycles. The van der Waals surface area contributed by atoms with Gasteiger partial charge in [-0.3, -0.25) is 4.79 Å². The van der Waals surface area contributed by atoms with Crippen molar-refractivity contribution in [3.8, 4) is 5.69 Å². The van der Waals surface area contributed by atoms with Crippen LogP contribution in [0.1, 0.15) is 49.5 Å². The summed E-state index contributed by atoms with van der Waals surface area (Å²) in [5, 5.41) is 7.63. The summed E-state index contributed by atoms with van der Waals surface area (Å²) in [7, 11) is 0. The van der Waals surface area contributed by atoms with Gasteiger partial charge in [-0.15, -0.1) is 0 Å². The fourth-order valence-corrected chi connectivity index (χ4v) is 3.14. The number of aromatic nitrogens is 2. The molecular formula is C19H23N3O3. The normalized spacial score (nSPS) is 14.9. The van der Waals surface area contributed by atoms with Crippen LogP contribution in [0.4, 0.5) is 5.69 Å². The Hall–Kier alpha value is -2.63. The first-order chi connectivity index (χ1) is 12.2. The Morgan fingerprint density at radius 3 is 2.64 bits per heavy atom. The van der Waals surface area contributed by atoms with Crippen LogP contribution in [0, 0.1) is 0 Å². The topological polar surface area (TPSA) is 73.2 Å². The van der Waals surface area contributed by atoms with Gasteiger partial charge < -0.3 is 10.1 Å². The van der Waals surface area contributed by atoms with E-state index in [0.29, 0.717) is 11.4 Å². The van der Waals surface area contributed by atoms with Gasteiger partial charge in [-0.2, -0.15) is 9.78 Å². The van der Waals surface area contributed by atoms with Crippen molar-refractivity contribution in [2.24, 2.45) is 0 Å². The summed E-state index contributed by atoms with van der Waals surface area (Å²) in [5.41, 5.74) is 0.943. The molecule has 0 bridgehead atoms. The molecule has 2 aromatic rings. The lowest BCUT2D eigenvalue weighted by atomic mass is 9.95.